The smallest absolute Gasteiger partial charge is 0.248 e. The van der Waals surface area contributed by atoms with Crippen LogP contribution in [0, 0.1) is 0 Å². The number of carbonyl (C=O) groups excluding carboxylic acids is 1. The fourth-order valence-corrected chi connectivity index (χ4v) is 1.72. The molecule has 0 spiro atoms. The average molecular weight is 193 g/mol. The predicted molar refractivity (Wildman–Crippen MR) is 53.9 cm³/mol. The summed E-state index contributed by atoms with van der Waals surface area (Å²) in [4.78, 5) is 13.3. The van der Waals surface area contributed by atoms with Crippen molar-refractivity contribution >= 4 is 5.91 Å². The summed E-state index contributed by atoms with van der Waals surface area (Å²) in [5, 5.41) is 0. The number of hydrogen-bond acceptors (Lipinski definition) is 2. The highest BCUT2D eigenvalue weighted by Crippen LogP contribution is 2.12. The molecule has 2 aliphatic rings. The molecule has 0 bridgehead atoms. The van der Waals surface area contributed by atoms with E-state index in [2.05, 4.69) is 18.2 Å². The summed E-state index contributed by atoms with van der Waals surface area (Å²) in [6, 6.07) is 0. The van der Waals surface area contributed by atoms with Gasteiger partial charge in [0.1, 0.15) is 6.61 Å². The van der Waals surface area contributed by atoms with Gasteiger partial charge in [0, 0.05) is 13.1 Å². The first kappa shape index (κ1) is 9.46. The van der Waals surface area contributed by atoms with Crippen molar-refractivity contribution in [3.63, 3.8) is 0 Å². The summed E-state index contributed by atoms with van der Waals surface area (Å²) in [7, 11) is 0. The minimum Gasteiger partial charge on any atom is -0.370 e. The van der Waals surface area contributed by atoms with E-state index in [9.17, 15) is 4.79 Å². The zero-order valence-electron chi connectivity index (χ0n) is 8.24. The second-order valence-electron chi connectivity index (χ2n) is 3.63. The number of ether oxygens (including phenoxy) is 1. The Morgan fingerprint density at radius 3 is 3.07 bits per heavy atom. The zero-order chi connectivity index (χ0) is 9.80. The van der Waals surface area contributed by atoms with Crippen LogP contribution in [0.15, 0.2) is 23.8 Å². The van der Waals surface area contributed by atoms with Crippen molar-refractivity contribution in [1.29, 1.82) is 0 Å². The minimum absolute atomic E-state index is 0.108. The van der Waals surface area contributed by atoms with Crippen LogP contribution in [0.3, 0.4) is 0 Å². The molecular formula is C11H15NO2. The first-order valence-electron chi connectivity index (χ1n) is 5.07. The Labute approximate surface area is 84.0 Å². The van der Waals surface area contributed by atoms with E-state index in [-0.39, 0.29) is 12.5 Å². The zero-order valence-corrected chi connectivity index (χ0v) is 8.24. The highest BCUT2D eigenvalue weighted by molar-refractivity contribution is 5.78. The largest absolute Gasteiger partial charge is 0.370 e. The van der Waals surface area contributed by atoms with Crippen LogP contribution in [0.4, 0.5) is 0 Å². The Morgan fingerprint density at radius 2 is 2.36 bits per heavy atom. The van der Waals surface area contributed by atoms with Crippen LogP contribution >= 0.6 is 0 Å². The van der Waals surface area contributed by atoms with Crippen LogP contribution in [0.2, 0.25) is 0 Å². The fraction of sp³-hybridized carbons (Fsp3) is 0.545. The SMILES string of the molecule is O=C1COCCN1CC1=CCCC=C1. The maximum Gasteiger partial charge on any atom is 0.248 e. The molecule has 76 valence electrons. The summed E-state index contributed by atoms with van der Waals surface area (Å²) in [5.74, 6) is 0.108. The highest BCUT2D eigenvalue weighted by Gasteiger charge is 2.18. The Hall–Kier alpha value is -1.09. The monoisotopic (exact) mass is 193 g/mol. The average Bonchev–Trinajstić information content (AvgIpc) is 2.23. The van der Waals surface area contributed by atoms with Gasteiger partial charge in [0.25, 0.3) is 0 Å². The van der Waals surface area contributed by atoms with Crippen molar-refractivity contribution in [2.75, 3.05) is 26.3 Å². The van der Waals surface area contributed by atoms with Crippen molar-refractivity contribution in [3.8, 4) is 0 Å². The summed E-state index contributed by atoms with van der Waals surface area (Å²) in [6.45, 7) is 2.39. The first-order valence-corrected chi connectivity index (χ1v) is 5.07. The normalized spacial score (nSPS) is 22.4. The Balaban J connectivity index is 1.92. The Bertz CT molecular complexity index is 281. The molecule has 0 unspecified atom stereocenters. The van der Waals surface area contributed by atoms with Crippen molar-refractivity contribution < 1.29 is 9.53 Å². The molecule has 1 amide bonds. The van der Waals surface area contributed by atoms with Crippen LogP contribution in [0.25, 0.3) is 0 Å². The van der Waals surface area contributed by atoms with Gasteiger partial charge in [-0.2, -0.15) is 0 Å². The molecule has 2 rings (SSSR count). The number of allylic oxidation sites excluding steroid dienone is 2. The van der Waals surface area contributed by atoms with E-state index < -0.39 is 0 Å². The molecule has 14 heavy (non-hydrogen) atoms. The number of hydrogen-bond donors (Lipinski definition) is 0. The van der Waals surface area contributed by atoms with Gasteiger partial charge in [-0.05, 0) is 18.4 Å². The number of amides is 1. The van der Waals surface area contributed by atoms with E-state index in [1.165, 1.54) is 5.57 Å². The summed E-state index contributed by atoms with van der Waals surface area (Å²) in [5.41, 5.74) is 1.26. The van der Waals surface area contributed by atoms with Crippen molar-refractivity contribution in [2.24, 2.45) is 0 Å². The lowest BCUT2D eigenvalue weighted by molar-refractivity contribution is -0.141. The molecule has 1 aliphatic carbocycles. The van der Waals surface area contributed by atoms with E-state index in [4.69, 9.17) is 4.74 Å². The van der Waals surface area contributed by atoms with E-state index in [0.29, 0.717) is 6.61 Å². The molecule has 0 atom stereocenters. The van der Waals surface area contributed by atoms with Crippen molar-refractivity contribution in [2.45, 2.75) is 12.8 Å². The second-order valence-corrected chi connectivity index (χ2v) is 3.63. The number of rotatable bonds is 2. The lowest BCUT2D eigenvalue weighted by Crippen LogP contribution is -2.42. The van der Waals surface area contributed by atoms with Gasteiger partial charge in [-0.3, -0.25) is 4.79 Å². The maximum absolute atomic E-state index is 11.4. The van der Waals surface area contributed by atoms with Crippen molar-refractivity contribution in [3.05, 3.63) is 23.8 Å². The van der Waals surface area contributed by atoms with Gasteiger partial charge in [-0.1, -0.05) is 18.2 Å². The molecular weight excluding hydrogens is 178 g/mol. The summed E-state index contributed by atoms with van der Waals surface area (Å²) < 4.78 is 5.07. The third-order valence-electron chi connectivity index (χ3n) is 2.53. The lowest BCUT2D eigenvalue weighted by atomic mass is 10.1. The molecule has 1 saturated heterocycles. The van der Waals surface area contributed by atoms with Gasteiger partial charge < -0.3 is 9.64 Å². The molecule has 0 N–H and O–H groups in total. The minimum atomic E-state index is 0.108. The van der Waals surface area contributed by atoms with Gasteiger partial charge in [-0.15, -0.1) is 0 Å². The molecule has 0 radical (unpaired) electrons. The van der Waals surface area contributed by atoms with E-state index in [1.54, 1.807) is 0 Å². The molecule has 3 nitrogen and oxygen atoms in total. The molecule has 0 aromatic rings. The second kappa shape index (κ2) is 4.42. The molecule has 0 aromatic heterocycles. The standard InChI is InChI=1S/C11H15NO2/c13-11-9-14-7-6-12(11)8-10-4-2-1-3-5-10/h2,4-5H,1,3,6-9H2. The maximum atomic E-state index is 11.4. The molecule has 0 aromatic carbocycles. The van der Waals surface area contributed by atoms with Gasteiger partial charge in [-0.25, -0.2) is 0 Å². The molecule has 1 aliphatic heterocycles. The summed E-state index contributed by atoms with van der Waals surface area (Å²) in [6.07, 6.45) is 8.72. The van der Waals surface area contributed by atoms with Crippen molar-refractivity contribution in [1.82, 2.24) is 4.90 Å². The van der Waals surface area contributed by atoms with Gasteiger partial charge in [0.2, 0.25) is 5.91 Å². The quantitative estimate of drug-likeness (QED) is 0.657. The van der Waals surface area contributed by atoms with Gasteiger partial charge in [0.05, 0.1) is 6.61 Å². The number of morpholine rings is 1. The van der Waals surface area contributed by atoms with Crippen LogP contribution in [-0.4, -0.2) is 37.1 Å². The van der Waals surface area contributed by atoms with Crippen LogP contribution in [0.1, 0.15) is 12.8 Å². The van der Waals surface area contributed by atoms with E-state index in [0.717, 1.165) is 25.9 Å². The fourth-order valence-electron chi connectivity index (χ4n) is 1.72. The molecule has 3 heteroatoms. The molecule has 0 saturated carbocycles. The topological polar surface area (TPSA) is 29.5 Å². The molecule has 1 fully saturated rings. The highest BCUT2D eigenvalue weighted by atomic mass is 16.5. The van der Waals surface area contributed by atoms with Crippen LogP contribution in [-0.2, 0) is 9.53 Å². The van der Waals surface area contributed by atoms with E-state index in [1.807, 2.05) is 4.90 Å². The van der Waals surface area contributed by atoms with Crippen LogP contribution in [0.5, 0.6) is 0 Å². The van der Waals surface area contributed by atoms with E-state index >= 15 is 0 Å². The third kappa shape index (κ3) is 2.23. The van der Waals surface area contributed by atoms with Gasteiger partial charge >= 0.3 is 0 Å². The lowest BCUT2D eigenvalue weighted by Gasteiger charge is -2.27. The predicted octanol–water partition coefficient (Wildman–Crippen LogP) is 1.12. The Kier molecular flexibility index (Phi) is 2.99. The third-order valence-corrected chi connectivity index (χ3v) is 2.53. The first-order chi connectivity index (χ1) is 6.86. The Morgan fingerprint density at radius 1 is 1.43 bits per heavy atom. The van der Waals surface area contributed by atoms with Gasteiger partial charge in [0.15, 0.2) is 0 Å². The number of carbonyl (C=O) groups is 1. The van der Waals surface area contributed by atoms with Crippen LogP contribution < -0.4 is 0 Å². The summed E-state index contributed by atoms with van der Waals surface area (Å²) >= 11 is 0. The number of nitrogens with zero attached hydrogens (tertiary/aromatic N) is 1. The molecule has 1 heterocycles.